The van der Waals surface area contributed by atoms with Crippen molar-refractivity contribution >= 4 is 29.2 Å². The highest BCUT2D eigenvalue weighted by Gasteiger charge is 2.32. The first-order chi connectivity index (χ1) is 20.0. The fourth-order valence-corrected chi connectivity index (χ4v) is 5.42. The Labute approximate surface area is 247 Å². The van der Waals surface area contributed by atoms with Gasteiger partial charge in [-0.05, 0) is 61.9 Å². The maximum absolute atomic E-state index is 13.8. The number of amides is 1. The molecule has 2 aromatic rings. The van der Waals surface area contributed by atoms with Crippen LogP contribution < -0.4 is 19.7 Å². The molecule has 2 N–H and O–H groups in total. The molecule has 0 bridgehead atoms. The van der Waals surface area contributed by atoms with Crippen molar-refractivity contribution in [3.63, 3.8) is 0 Å². The molecule has 0 radical (unpaired) electrons. The highest BCUT2D eigenvalue weighted by Crippen LogP contribution is 2.42. The zero-order chi connectivity index (χ0) is 30.6. The molecule has 0 saturated carbocycles. The molecule has 2 aromatic carbocycles. The minimum absolute atomic E-state index is 0.00115. The second-order valence-electron chi connectivity index (χ2n) is 11.6. The molecule has 4 rings (SSSR count). The Morgan fingerprint density at radius 2 is 1.71 bits per heavy atom. The fourth-order valence-electron chi connectivity index (χ4n) is 5.42. The van der Waals surface area contributed by atoms with E-state index >= 15 is 0 Å². The maximum atomic E-state index is 13.8. The van der Waals surface area contributed by atoms with Crippen LogP contribution in [0.15, 0.2) is 24.3 Å². The highest BCUT2D eigenvalue weighted by atomic mass is 16.6. The van der Waals surface area contributed by atoms with E-state index in [0.717, 1.165) is 42.7 Å². The second kappa shape index (κ2) is 12.8. The molecule has 2 heterocycles. The number of carbonyl (C=O) groups is 3. The summed E-state index contributed by atoms with van der Waals surface area (Å²) in [4.78, 5) is 42.4. The third kappa shape index (κ3) is 6.53. The van der Waals surface area contributed by atoms with E-state index in [1.54, 1.807) is 31.0 Å². The van der Waals surface area contributed by atoms with Gasteiger partial charge in [0.1, 0.15) is 17.3 Å². The second-order valence-corrected chi connectivity index (χ2v) is 11.6. The number of esters is 1. The lowest BCUT2D eigenvalue weighted by atomic mass is 9.84. The molecule has 1 amide bonds. The van der Waals surface area contributed by atoms with E-state index < -0.39 is 5.97 Å². The first-order valence-corrected chi connectivity index (χ1v) is 14.6. The average molecular weight is 579 g/mol. The van der Waals surface area contributed by atoms with Crippen molar-refractivity contribution in [2.45, 2.75) is 59.4 Å². The first kappa shape index (κ1) is 30.9. The van der Waals surface area contributed by atoms with E-state index in [9.17, 15) is 14.4 Å². The van der Waals surface area contributed by atoms with E-state index in [2.05, 4.69) is 10.2 Å². The first-order valence-electron chi connectivity index (χ1n) is 14.6. The van der Waals surface area contributed by atoms with Gasteiger partial charge >= 0.3 is 5.97 Å². The van der Waals surface area contributed by atoms with Gasteiger partial charge in [-0.2, -0.15) is 0 Å². The number of carbonyl (C=O) groups excluding carboxylic acids is 3. The zero-order valence-electron chi connectivity index (χ0n) is 25.5. The Bertz CT molecular complexity index is 1370. The van der Waals surface area contributed by atoms with Gasteiger partial charge in [-0.15, -0.1) is 0 Å². The third-order valence-corrected chi connectivity index (χ3v) is 7.53. The lowest BCUT2D eigenvalue weighted by Gasteiger charge is -2.29. The molecule has 226 valence electrons. The topological polar surface area (TPSA) is 121 Å². The van der Waals surface area contributed by atoms with Gasteiger partial charge in [0.2, 0.25) is 0 Å². The molecule has 10 heteroatoms. The van der Waals surface area contributed by atoms with Crippen molar-refractivity contribution in [3.05, 3.63) is 52.1 Å². The normalized spacial score (nSPS) is 14.6. The molecule has 10 nitrogen and oxygen atoms in total. The minimum atomic E-state index is -0.441. The summed E-state index contributed by atoms with van der Waals surface area (Å²) >= 11 is 0. The number of nitrogens with zero attached hydrogens (tertiary/aromatic N) is 2. The smallest absolute Gasteiger partial charge is 0.344 e. The van der Waals surface area contributed by atoms with Crippen LogP contribution in [0.1, 0.15) is 84.9 Å². The molecule has 2 aliphatic rings. The molecular formula is C32H42N4O6. The molecule has 0 aromatic heterocycles. The molecule has 1 fully saturated rings. The number of ketones is 1. The summed E-state index contributed by atoms with van der Waals surface area (Å²) < 4.78 is 16.9. The van der Waals surface area contributed by atoms with Crippen molar-refractivity contribution < 1.29 is 28.6 Å². The summed E-state index contributed by atoms with van der Waals surface area (Å²) in [5.41, 5.74) is 3.58. The molecule has 0 spiro atoms. The molecular weight excluding hydrogens is 536 g/mol. The number of rotatable bonds is 11. The van der Waals surface area contributed by atoms with Gasteiger partial charge in [0, 0.05) is 43.4 Å². The van der Waals surface area contributed by atoms with Crippen LogP contribution in [0.5, 0.6) is 11.5 Å². The van der Waals surface area contributed by atoms with Crippen molar-refractivity contribution in [1.29, 1.82) is 5.41 Å². The van der Waals surface area contributed by atoms with Crippen LogP contribution in [-0.4, -0.2) is 74.9 Å². The maximum Gasteiger partial charge on any atom is 0.344 e. The minimum Gasteiger partial charge on any atom is -0.493 e. The Morgan fingerprint density at radius 1 is 1.00 bits per heavy atom. The largest absolute Gasteiger partial charge is 0.493 e. The van der Waals surface area contributed by atoms with Crippen LogP contribution in [0.4, 0.5) is 5.69 Å². The number of hydrogen-bond acceptors (Lipinski definition) is 8. The van der Waals surface area contributed by atoms with Gasteiger partial charge < -0.3 is 29.3 Å². The van der Waals surface area contributed by atoms with Crippen LogP contribution in [0.2, 0.25) is 0 Å². The summed E-state index contributed by atoms with van der Waals surface area (Å²) in [6.45, 7) is 12.2. The highest BCUT2D eigenvalue weighted by molar-refractivity contribution is 6.08. The van der Waals surface area contributed by atoms with Crippen LogP contribution in [-0.2, 0) is 21.5 Å². The summed E-state index contributed by atoms with van der Waals surface area (Å²) in [6.07, 6.45) is 2.07. The fraction of sp³-hybridized carbons (Fsp3) is 0.500. The Balaban J connectivity index is 1.66. The van der Waals surface area contributed by atoms with Crippen LogP contribution in [0, 0.1) is 5.41 Å². The van der Waals surface area contributed by atoms with E-state index in [0.29, 0.717) is 41.3 Å². The Hall–Kier alpha value is -4.08. The van der Waals surface area contributed by atoms with E-state index in [1.165, 1.54) is 0 Å². The Kier molecular flexibility index (Phi) is 9.43. The summed E-state index contributed by atoms with van der Waals surface area (Å²) in [7, 11) is 1.55. The number of nitrogens with one attached hydrogen (secondary N) is 2. The average Bonchev–Trinajstić information content (AvgIpc) is 3.59. The third-order valence-electron chi connectivity index (χ3n) is 7.53. The van der Waals surface area contributed by atoms with Crippen LogP contribution in [0.3, 0.4) is 0 Å². The van der Waals surface area contributed by atoms with Gasteiger partial charge in [-0.1, -0.05) is 20.8 Å². The summed E-state index contributed by atoms with van der Waals surface area (Å²) in [5.74, 6) is 0.381. The van der Waals surface area contributed by atoms with E-state index in [4.69, 9.17) is 19.6 Å². The van der Waals surface area contributed by atoms with Gasteiger partial charge in [-0.25, -0.2) is 4.79 Å². The van der Waals surface area contributed by atoms with Crippen molar-refractivity contribution in [2.24, 2.45) is 0 Å². The SMILES string of the molecule is CCOC(=O)COc1c(N2CCCC2)cc(C(=O)CN2Cc3cc(OCC)c(C(=O)NC)cc3C2=N)cc1C(C)(C)C. The number of amidine groups is 1. The molecule has 0 unspecified atom stereocenters. The monoisotopic (exact) mass is 578 g/mol. The number of anilines is 1. The molecule has 0 aliphatic carbocycles. The number of ether oxygens (including phenoxy) is 3. The molecule has 0 atom stereocenters. The van der Waals surface area contributed by atoms with Gasteiger partial charge in [0.15, 0.2) is 12.4 Å². The van der Waals surface area contributed by atoms with Crippen molar-refractivity contribution in [1.82, 2.24) is 10.2 Å². The molecule has 42 heavy (non-hydrogen) atoms. The Morgan fingerprint density at radius 3 is 2.33 bits per heavy atom. The number of fused-ring (bicyclic) bond motifs is 1. The zero-order valence-corrected chi connectivity index (χ0v) is 25.5. The van der Waals surface area contributed by atoms with Crippen molar-refractivity contribution in [3.8, 4) is 11.5 Å². The standard InChI is InChI=1S/C32H42N4O6/c1-7-40-27-15-21-17-36(30(33)22(21)16-23(27)31(39)34-6)18-26(37)20-13-24(32(3,4)5)29(42-19-28(38)41-8-2)25(14-20)35-11-9-10-12-35/h13-16,33H,7-12,17-19H2,1-6H3,(H,34,39). The molecule has 2 aliphatic heterocycles. The number of Topliss-reactive ketones (excluding diaryl/α,β-unsaturated/α-hetero) is 1. The summed E-state index contributed by atoms with van der Waals surface area (Å²) in [5, 5.41) is 11.4. The van der Waals surface area contributed by atoms with Crippen LogP contribution in [0.25, 0.3) is 0 Å². The van der Waals surface area contributed by atoms with E-state index in [1.807, 2.05) is 39.8 Å². The quantitative estimate of drug-likeness (QED) is 0.299. The summed E-state index contributed by atoms with van der Waals surface area (Å²) in [6, 6.07) is 7.17. The van der Waals surface area contributed by atoms with E-state index in [-0.39, 0.29) is 42.7 Å². The molecule has 1 saturated heterocycles. The van der Waals surface area contributed by atoms with Gasteiger partial charge in [0.25, 0.3) is 5.91 Å². The van der Waals surface area contributed by atoms with Crippen molar-refractivity contribution in [2.75, 3.05) is 51.4 Å². The number of benzene rings is 2. The number of hydrogen-bond donors (Lipinski definition) is 2. The van der Waals surface area contributed by atoms with Gasteiger partial charge in [-0.3, -0.25) is 15.0 Å². The predicted octanol–water partition coefficient (Wildman–Crippen LogP) is 4.31. The van der Waals surface area contributed by atoms with Crippen LogP contribution >= 0.6 is 0 Å². The van der Waals surface area contributed by atoms with Gasteiger partial charge in [0.05, 0.1) is 31.0 Å². The lowest BCUT2D eigenvalue weighted by molar-refractivity contribution is -0.145. The predicted molar refractivity (Wildman–Crippen MR) is 161 cm³/mol. The lowest BCUT2D eigenvalue weighted by Crippen LogP contribution is -2.31.